The number of halogens is 2. The second-order valence-corrected chi connectivity index (χ2v) is 4.33. The van der Waals surface area contributed by atoms with E-state index >= 15 is 0 Å². The molecule has 0 aliphatic heterocycles. The summed E-state index contributed by atoms with van der Waals surface area (Å²) in [6.07, 6.45) is 3.27. The van der Waals surface area contributed by atoms with Crippen LogP contribution in [-0.2, 0) is 0 Å². The number of aromatic nitrogens is 1. The van der Waals surface area contributed by atoms with Crippen molar-refractivity contribution in [3.05, 3.63) is 46.2 Å². The summed E-state index contributed by atoms with van der Waals surface area (Å²) in [6, 6.07) is 6.96. The van der Waals surface area contributed by atoms with E-state index in [4.69, 9.17) is 22.1 Å². The van der Waals surface area contributed by atoms with Gasteiger partial charge in [-0.3, -0.25) is 4.98 Å². The lowest BCUT2D eigenvalue weighted by molar-refractivity contribution is 0.481. The fourth-order valence-corrected chi connectivity index (χ4v) is 1.74. The van der Waals surface area contributed by atoms with Gasteiger partial charge in [-0.2, -0.15) is 0 Å². The van der Waals surface area contributed by atoms with Gasteiger partial charge in [0.1, 0.15) is 5.75 Å². The van der Waals surface area contributed by atoms with Crippen LogP contribution in [0.15, 0.2) is 41.1 Å². The van der Waals surface area contributed by atoms with Gasteiger partial charge in [0.2, 0.25) is 0 Å². The highest BCUT2D eigenvalue weighted by Gasteiger charge is 2.08. The summed E-state index contributed by atoms with van der Waals surface area (Å²) in [7, 11) is 0. The fraction of sp³-hybridized carbons (Fsp3) is 0. The molecular formula is C11H8BrClN2O. The van der Waals surface area contributed by atoms with Crippen LogP contribution in [0.5, 0.6) is 11.5 Å². The Bertz CT molecular complexity index is 499. The predicted molar refractivity (Wildman–Crippen MR) is 67.9 cm³/mol. The van der Waals surface area contributed by atoms with E-state index < -0.39 is 0 Å². The van der Waals surface area contributed by atoms with Crippen LogP contribution >= 0.6 is 27.5 Å². The lowest BCUT2D eigenvalue weighted by Crippen LogP contribution is -1.93. The lowest BCUT2D eigenvalue weighted by atomic mass is 10.3. The number of anilines is 1. The van der Waals surface area contributed by atoms with Crippen molar-refractivity contribution < 1.29 is 4.74 Å². The number of hydrogen-bond acceptors (Lipinski definition) is 3. The molecule has 1 aromatic carbocycles. The Labute approximate surface area is 106 Å². The molecule has 0 bridgehead atoms. The van der Waals surface area contributed by atoms with Crippen LogP contribution in [0, 0.1) is 0 Å². The molecule has 2 aromatic rings. The van der Waals surface area contributed by atoms with Gasteiger partial charge in [-0.1, -0.05) is 17.7 Å². The minimum atomic E-state index is 0.455. The van der Waals surface area contributed by atoms with Gasteiger partial charge in [0.05, 0.1) is 15.2 Å². The summed E-state index contributed by atoms with van der Waals surface area (Å²) in [4.78, 5) is 3.94. The van der Waals surface area contributed by atoms with Gasteiger partial charge in [0, 0.05) is 18.5 Å². The highest BCUT2D eigenvalue weighted by atomic mass is 79.9. The molecule has 2 rings (SSSR count). The molecule has 1 aromatic heterocycles. The van der Waals surface area contributed by atoms with Crippen LogP contribution in [0.25, 0.3) is 0 Å². The molecule has 82 valence electrons. The van der Waals surface area contributed by atoms with Gasteiger partial charge in [-0.15, -0.1) is 0 Å². The van der Waals surface area contributed by atoms with Gasteiger partial charge < -0.3 is 10.5 Å². The van der Waals surface area contributed by atoms with Crippen LogP contribution in [0.2, 0.25) is 5.02 Å². The quantitative estimate of drug-likeness (QED) is 0.856. The van der Waals surface area contributed by atoms with Crippen molar-refractivity contribution in [2.24, 2.45) is 0 Å². The third-order valence-corrected chi connectivity index (χ3v) is 2.84. The van der Waals surface area contributed by atoms with Crippen molar-refractivity contribution in [1.29, 1.82) is 0 Å². The fourth-order valence-electron chi connectivity index (χ4n) is 1.19. The Morgan fingerprint density at radius 2 is 2.12 bits per heavy atom. The number of para-hydroxylation sites is 1. The van der Waals surface area contributed by atoms with E-state index in [0.717, 1.165) is 4.47 Å². The van der Waals surface area contributed by atoms with E-state index in [1.807, 2.05) is 0 Å². The van der Waals surface area contributed by atoms with E-state index in [1.165, 1.54) is 0 Å². The van der Waals surface area contributed by atoms with Crippen LogP contribution < -0.4 is 10.5 Å². The zero-order valence-electron chi connectivity index (χ0n) is 8.15. The number of nitrogens with zero attached hydrogens (tertiary/aromatic N) is 1. The van der Waals surface area contributed by atoms with Gasteiger partial charge in [0.25, 0.3) is 0 Å². The molecule has 5 heteroatoms. The molecule has 0 aliphatic carbocycles. The summed E-state index contributed by atoms with van der Waals surface area (Å²) in [6.45, 7) is 0. The summed E-state index contributed by atoms with van der Waals surface area (Å²) in [5.74, 6) is 1.07. The molecule has 2 N–H and O–H groups in total. The standard InChI is InChI=1S/C11H8BrClN2O/c12-7-6-15-5-4-10(7)16-11-8(13)2-1-3-9(11)14/h1-6H,14H2. The molecule has 0 saturated heterocycles. The number of benzene rings is 1. The van der Waals surface area contributed by atoms with E-state index in [1.54, 1.807) is 36.7 Å². The van der Waals surface area contributed by atoms with Crippen molar-refractivity contribution in [3.63, 3.8) is 0 Å². The zero-order chi connectivity index (χ0) is 11.5. The summed E-state index contributed by atoms with van der Waals surface area (Å²) in [5, 5.41) is 0.476. The number of pyridine rings is 1. The molecule has 0 amide bonds. The van der Waals surface area contributed by atoms with Crippen molar-refractivity contribution >= 4 is 33.2 Å². The Hall–Kier alpha value is -1.26. The summed E-state index contributed by atoms with van der Waals surface area (Å²) < 4.78 is 6.37. The number of ether oxygens (including phenoxy) is 1. The third kappa shape index (κ3) is 2.28. The van der Waals surface area contributed by atoms with Gasteiger partial charge in [-0.25, -0.2) is 0 Å². The van der Waals surface area contributed by atoms with E-state index in [9.17, 15) is 0 Å². The van der Waals surface area contributed by atoms with Crippen LogP contribution in [0.1, 0.15) is 0 Å². The third-order valence-electron chi connectivity index (χ3n) is 1.94. The first-order chi connectivity index (χ1) is 7.68. The molecule has 0 spiro atoms. The molecule has 16 heavy (non-hydrogen) atoms. The molecule has 3 nitrogen and oxygen atoms in total. The molecule has 0 aliphatic rings. The first-order valence-corrected chi connectivity index (χ1v) is 5.67. The normalized spacial score (nSPS) is 10.1. The van der Waals surface area contributed by atoms with E-state index in [2.05, 4.69) is 20.9 Å². The molecule has 0 atom stereocenters. The Balaban J connectivity index is 2.38. The number of hydrogen-bond donors (Lipinski definition) is 1. The number of nitrogens with two attached hydrogens (primary N) is 1. The number of rotatable bonds is 2. The molecule has 0 unspecified atom stereocenters. The highest BCUT2D eigenvalue weighted by molar-refractivity contribution is 9.10. The van der Waals surface area contributed by atoms with Crippen molar-refractivity contribution in [2.75, 3.05) is 5.73 Å². The van der Waals surface area contributed by atoms with Crippen LogP contribution in [0.4, 0.5) is 5.69 Å². The van der Waals surface area contributed by atoms with Crippen molar-refractivity contribution in [2.45, 2.75) is 0 Å². The average molecular weight is 300 g/mol. The van der Waals surface area contributed by atoms with Crippen molar-refractivity contribution in [3.8, 4) is 11.5 Å². The highest BCUT2D eigenvalue weighted by Crippen LogP contribution is 2.36. The minimum Gasteiger partial charge on any atom is -0.452 e. The molecular weight excluding hydrogens is 291 g/mol. The average Bonchev–Trinajstić information content (AvgIpc) is 2.26. The lowest BCUT2D eigenvalue weighted by Gasteiger charge is -2.10. The Morgan fingerprint density at radius 3 is 2.81 bits per heavy atom. The second-order valence-electron chi connectivity index (χ2n) is 3.07. The predicted octanol–water partition coefficient (Wildman–Crippen LogP) is 3.87. The maximum atomic E-state index is 6.00. The minimum absolute atomic E-state index is 0.455. The van der Waals surface area contributed by atoms with E-state index in [0.29, 0.717) is 22.2 Å². The smallest absolute Gasteiger partial charge is 0.168 e. The first kappa shape index (κ1) is 11.2. The Kier molecular flexibility index (Phi) is 3.31. The molecule has 0 radical (unpaired) electrons. The largest absolute Gasteiger partial charge is 0.452 e. The van der Waals surface area contributed by atoms with Crippen LogP contribution in [0.3, 0.4) is 0 Å². The van der Waals surface area contributed by atoms with Crippen LogP contribution in [-0.4, -0.2) is 4.98 Å². The molecule has 0 fully saturated rings. The monoisotopic (exact) mass is 298 g/mol. The molecule has 0 saturated carbocycles. The Morgan fingerprint density at radius 1 is 1.31 bits per heavy atom. The maximum absolute atomic E-state index is 6.00. The second kappa shape index (κ2) is 4.72. The van der Waals surface area contributed by atoms with Gasteiger partial charge in [0.15, 0.2) is 5.75 Å². The van der Waals surface area contributed by atoms with Gasteiger partial charge >= 0.3 is 0 Å². The van der Waals surface area contributed by atoms with Crippen molar-refractivity contribution in [1.82, 2.24) is 4.98 Å². The molecule has 1 heterocycles. The SMILES string of the molecule is Nc1cccc(Cl)c1Oc1ccncc1Br. The van der Waals surface area contributed by atoms with Gasteiger partial charge in [-0.05, 0) is 28.1 Å². The van der Waals surface area contributed by atoms with E-state index in [-0.39, 0.29) is 0 Å². The maximum Gasteiger partial charge on any atom is 0.168 e. The summed E-state index contributed by atoms with van der Waals surface area (Å²) >= 11 is 9.33. The summed E-state index contributed by atoms with van der Waals surface area (Å²) in [5.41, 5.74) is 6.28. The first-order valence-electron chi connectivity index (χ1n) is 4.50. The zero-order valence-corrected chi connectivity index (χ0v) is 10.5. The number of nitrogen functional groups attached to an aromatic ring is 1. The topological polar surface area (TPSA) is 48.1 Å².